The molecule has 1 amide bonds. The van der Waals surface area contributed by atoms with E-state index < -0.39 is 0 Å². The zero-order valence-electron chi connectivity index (χ0n) is 8.99. The Bertz CT molecular complexity index is 380. The molecule has 1 aromatic rings. The van der Waals surface area contributed by atoms with Crippen LogP contribution in [0.2, 0.25) is 4.34 Å². The first-order valence-electron chi connectivity index (χ1n) is 5.38. The molecule has 2 heterocycles. The van der Waals surface area contributed by atoms with E-state index in [0.717, 1.165) is 30.4 Å². The summed E-state index contributed by atoms with van der Waals surface area (Å²) in [7, 11) is 0. The van der Waals surface area contributed by atoms with Gasteiger partial charge in [-0.05, 0) is 31.0 Å². The highest BCUT2D eigenvalue weighted by molar-refractivity contribution is 7.16. The number of likely N-dealkylation sites (tertiary alicyclic amines) is 1. The van der Waals surface area contributed by atoms with Crippen molar-refractivity contribution in [2.45, 2.75) is 19.4 Å². The van der Waals surface area contributed by atoms with Gasteiger partial charge in [-0.25, -0.2) is 0 Å². The van der Waals surface area contributed by atoms with Crippen LogP contribution in [0.1, 0.15) is 17.7 Å². The van der Waals surface area contributed by atoms with E-state index in [4.69, 9.17) is 17.3 Å². The highest BCUT2D eigenvalue weighted by atomic mass is 35.5. The third-order valence-electron chi connectivity index (χ3n) is 2.87. The van der Waals surface area contributed by atoms with Crippen LogP contribution in [0.5, 0.6) is 0 Å². The van der Waals surface area contributed by atoms with Crippen molar-refractivity contribution in [3.8, 4) is 0 Å². The van der Waals surface area contributed by atoms with Crippen LogP contribution in [-0.2, 0) is 11.3 Å². The molecule has 0 aliphatic carbocycles. The second kappa shape index (κ2) is 5.17. The van der Waals surface area contributed by atoms with Crippen LogP contribution in [-0.4, -0.2) is 23.9 Å². The van der Waals surface area contributed by atoms with E-state index in [9.17, 15) is 4.79 Å². The Morgan fingerprint density at radius 3 is 3.06 bits per heavy atom. The lowest BCUT2D eigenvalue weighted by Crippen LogP contribution is -2.22. The number of nitrogens with zero attached hydrogens (tertiary/aromatic N) is 1. The zero-order valence-corrected chi connectivity index (χ0v) is 10.6. The van der Waals surface area contributed by atoms with Crippen LogP contribution in [0.25, 0.3) is 0 Å². The van der Waals surface area contributed by atoms with Gasteiger partial charge in [-0.2, -0.15) is 0 Å². The van der Waals surface area contributed by atoms with Crippen LogP contribution in [0, 0.1) is 5.92 Å². The summed E-state index contributed by atoms with van der Waals surface area (Å²) in [4.78, 5) is 14.5. The number of hydrogen-bond acceptors (Lipinski definition) is 3. The van der Waals surface area contributed by atoms with Crippen LogP contribution >= 0.6 is 22.9 Å². The molecule has 2 N–H and O–H groups in total. The number of carbonyl (C=O) groups excluding carboxylic acids is 1. The van der Waals surface area contributed by atoms with E-state index in [2.05, 4.69) is 11.0 Å². The van der Waals surface area contributed by atoms with Crippen molar-refractivity contribution < 1.29 is 4.79 Å². The monoisotopic (exact) mass is 258 g/mol. The minimum atomic E-state index is -0.189. The summed E-state index contributed by atoms with van der Waals surface area (Å²) in [6, 6.07) is 3.99. The molecular formula is C11H15ClN2OS. The number of halogens is 1. The summed E-state index contributed by atoms with van der Waals surface area (Å²) in [5, 5.41) is 0. The maximum atomic E-state index is 10.8. The lowest BCUT2D eigenvalue weighted by Gasteiger charge is -2.14. The maximum Gasteiger partial charge on any atom is 0.217 e. The minimum Gasteiger partial charge on any atom is -0.370 e. The van der Waals surface area contributed by atoms with Gasteiger partial charge in [0.1, 0.15) is 0 Å². The second-order valence-electron chi connectivity index (χ2n) is 4.27. The van der Waals surface area contributed by atoms with Crippen molar-refractivity contribution in [1.29, 1.82) is 0 Å². The first kappa shape index (κ1) is 11.9. The normalized spacial score (nSPS) is 21.4. The van der Waals surface area contributed by atoms with Gasteiger partial charge < -0.3 is 5.73 Å². The molecule has 1 unspecified atom stereocenters. The number of primary amides is 1. The minimum absolute atomic E-state index is 0.189. The van der Waals surface area contributed by atoms with Crippen molar-refractivity contribution in [2.24, 2.45) is 11.7 Å². The summed E-state index contributed by atoms with van der Waals surface area (Å²) in [5.41, 5.74) is 5.20. The van der Waals surface area contributed by atoms with E-state index in [1.807, 2.05) is 6.07 Å². The Kier molecular flexibility index (Phi) is 3.84. The van der Waals surface area contributed by atoms with Crippen molar-refractivity contribution in [3.05, 3.63) is 21.3 Å². The van der Waals surface area contributed by atoms with Crippen LogP contribution in [0.3, 0.4) is 0 Å². The predicted octanol–water partition coefficient (Wildman–Crippen LogP) is 2.10. The van der Waals surface area contributed by atoms with Gasteiger partial charge in [-0.1, -0.05) is 11.6 Å². The molecule has 0 aromatic carbocycles. The van der Waals surface area contributed by atoms with Gasteiger partial charge in [0.05, 0.1) is 4.34 Å². The third-order valence-corrected chi connectivity index (χ3v) is 4.08. The Morgan fingerprint density at radius 1 is 1.62 bits per heavy atom. The number of nitrogens with two attached hydrogens (primary N) is 1. The average molecular weight is 259 g/mol. The number of rotatable bonds is 4. The lowest BCUT2D eigenvalue weighted by molar-refractivity contribution is -0.118. The van der Waals surface area contributed by atoms with Crippen LogP contribution in [0.15, 0.2) is 12.1 Å². The fourth-order valence-electron chi connectivity index (χ4n) is 2.16. The van der Waals surface area contributed by atoms with Crippen molar-refractivity contribution in [1.82, 2.24) is 4.90 Å². The molecule has 2 rings (SSSR count). The summed E-state index contributed by atoms with van der Waals surface area (Å²) in [5.74, 6) is 0.249. The summed E-state index contributed by atoms with van der Waals surface area (Å²) in [6.45, 7) is 2.96. The Balaban J connectivity index is 1.82. The molecular weight excluding hydrogens is 244 g/mol. The number of amides is 1. The SMILES string of the molecule is NC(=O)CC1CCN(Cc2ccc(Cl)s2)C1. The van der Waals surface area contributed by atoms with Crippen molar-refractivity contribution >= 4 is 28.8 Å². The van der Waals surface area contributed by atoms with Gasteiger partial charge in [-0.15, -0.1) is 11.3 Å². The van der Waals surface area contributed by atoms with Gasteiger partial charge in [-0.3, -0.25) is 9.69 Å². The van der Waals surface area contributed by atoms with E-state index in [1.165, 1.54) is 4.88 Å². The Labute approximate surface area is 104 Å². The number of carbonyl (C=O) groups is 1. The summed E-state index contributed by atoms with van der Waals surface area (Å²) < 4.78 is 0.836. The fraction of sp³-hybridized carbons (Fsp3) is 0.545. The van der Waals surface area contributed by atoms with E-state index >= 15 is 0 Å². The van der Waals surface area contributed by atoms with Crippen molar-refractivity contribution in [2.75, 3.05) is 13.1 Å². The highest BCUT2D eigenvalue weighted by Crippen LogP contribution is 2.26. The fourth-order valence-corrected chi connectivity index (χ4v) is 3.29. The molecule has 88 valence electrons. The van der Waals surface area contributed by atoms with Gasteiger partial charge in [0.25, 0.3) is 0 Å². The molecule has 1 atom stereocenters. The van der Waals surface area contributed by atoms with E-state index in [1.54, 1.807) is 11.3 Å². The molecule has 0 spiro atoms. The average Bonchev–Trinajstić information content (AvgIpc) is 2.76. The van der Waals surface area contributed by atoms with Crippen LogP contribution < -0.4 is 5.73 Å². The first-order chi connectivity index (χ1) is 7.63. The van der Waals surface area contributed by atoms with E-state index in [-0.39, 0.29) is 5.91 Å². The van der Waals surface area contributed by atoms with Gasteiger partial charge >= 0.3 is 0 Å². The molecule has 1 fully saturated rings. The second-order valence-corrected chi connectivity index (χ2v) is 6.07. The molecule has 1 saturated heterocycles. The Morgan fingerprint density at radius 2 is 2.44 bits per heavy atom. The highest BCUT2D eigenvalue weighted by Gasteiger charge is 2.23. The third kappa shape index (κ3) is 3.20. The number of hydrogen-bond donors (Lipinski definition) is 1. The molecule has 1 aliphatic rings. The maximum absolute atomic E-state index is 10.8. The zero-order chi connectivity index (χ0) is 11.5. The topological polar surface area (TPSA) is 46.3 Å². The lowest BCUT2D eigenvalue weighted by atomic mass is 10.1. The Hall–Kier alpha value is -0.580. The predicted molar refractivity (Wildman–Crippen MR) is 66.5 cm³/mol. The van der Waals surface area contributed by atoms with Gasteiger partial charge in [0.2, 0.25) is 5.91 Å². The summed E-state index contributed by atoms with van der Waals surface area (Å²) in [6.07, 6.45) is 1.59. The molecule has 0 bridgehead atoms. The first-order valence-corrected chi connectivity index (χ1v) is 6.58. The van der Waals surface area contributed by atoms with Gasteiger partial charge in [0, 0.05) is 24.4 Å². The largest absolute Gasteiger partial charge is 0.370 e. The molecule has 1 aromatic heterocycles. The standard InChI is InChI=1S/C11H15ClN2OS/c12-10-2-1-9(16-10)7-14-4-3-8(6-14)5-11(13)15/h1-2,8H,3-7H2,(H2,13,15). The summed E-state index contributed by atoms with van der Waals surface area (Å²) >= 11 is 7.50. The van der Waals surface area contributed by atoms with E-state index in [0.29, 0.717) is 12.3 Å². The van der Waals surface area contributed by atoms with Gasteiger partial charge in [0.15, 0.2) is 0 Å². The molecule has 0 saturated carbocycles. The number of thiophene rings is 1. The van der Waals surface area contributed by atoms with Crippen molar-refractivity contribution in [3.63, 3.8) is 0 Å². The quantitative estimate of drug-likeness (QED) is 0.899. The molecule has 1 aliphatic heterocycles. The van der Waals surface area contributed by atoms with Crippen LogP contribution in [0.4, 0.5) is 0 Å². The molecule has 0 radical (unpaired) electrons. The smallest absolute Gasteiger partial charge is 0.217 e. The molecule has 16 heavy (non-hydrogen) atoms. The molecule has 3 nitrogen and oxygen atoms in total. The molecule has 5 heteroatoms.